The van der Waals surface area contributed by atoms with Crippen LogP contribution in [0.5, 0.6) is 11.6 Å². The van der Waals surface area contributed by atoms with E-state index in [0.29, 0.717) is 5.88 Å². The first-order chi connectivity index (χ1) is 9.81. The number of esters is 1. The largest absolute Gasteiger partial charge is 0.491 e. The third-order valence-electron chi connectivity index (χ3n) is 3.13. The van der Waals surface area contributed by atoms with Gasteiger partial charge in [0.15, 0.2) is 6.20 Å². The monoisotopic (exact) mass is 352 g/mol. The van der Waals surface area contributed by atoms with E-state index in [2.05, 4.69) is 15.9 Å². The standard InChI is InChI=1S/C16H19BrNO3/c1-9(2)20-14-8-13(17)12-6-7-18(5)16(21-11(4)19)15(12)10(14)3/h6-9H,1-5H3/q+1. The Labute approximate surface area is 132 Å². The van der Waals surface area contributed by atoms with Gasteiger partial charge in [0.2, 0.25) is 0 Å². The first-order valence-electron chi connectivity index (χ1n) is 6.77. The van der Waals surface area contributed by atoms with Crippen molar-refractivity contribution in [1.29, 1.82) is 0 Å². The van der Waals surface area contributed by atoms with Crippen molar-refractivity contribution < 1.29 is 18.8 Å². The molecule has 0 saturated heterocycles. The summed E-state index contributed by atoms with van der Waals surface area (Å²) >= 11 is 3.57. The van der Waals surface area contributed by atoms with Gasteiger partial charge >= 0.3 is 11.8 Å². The summed E-state index contributed by atoms with van der Waals surface area (Å²) in [6.45, 7) is 7.34. The minimum atomic E-state index is -0.344. The molecule has 0 amide bonds. The summed E-state index contributed by atoms with van der Waals surface area (Å²) in [7, 11) is 1.85. The molecule has 0 aliphatic carbocycles. The summed E-state index contributed by atoms with van der Waals surface area (Å²) < 4.78 is 14.0. The molecule has 0 atom stereocenters. The molecule has 0 N–H and O–H groups in total. The molecule has 0 unspecified atom stereocenters. The van der Waals surface area contributed by atoms with Gasteiger partial charge in [-0.15, -0.1) is 0 Å². The smallest absolute Gasteiger partial charge is 0.383 e. The van der Waals surface area contributed by atoms with E-state index in [-0.39, 0.29) is 12.1 Å². The van der Waals surface area contributed by atoms with Crippen molar-refractivity contribution in [2.45, 2.75) is 33.8 Å². The molecule has 4 nitrogen and oxygen atoms in total. The number of hydrogen-bond acceptors (Lipinski definition) is 3. The maximum atomic E-state index is 11.4. The molecular weight excluding hydrogens is 334 g/mol. The molecule has 0 saturated carbocycles. The first kappa shape index (κ1) is 15.8. The van der Waals surface area contributed by atoms with Crippen LogP contribution in [-0.4, -0.2) is 12.1 Å². The second-order valence-corrected chi connectivity index (χ2v) is 6.12. The van der Waals surface area contributed by atoms with Crippen LogP contribution in [0, 0.1) is 6.92 Å². The first-order valence-corrected chi connectivity index (χ1v) is 7.57. The van der Waals surface area contributed by atoms with E-state index in [1.54, 1.807) is 4.57 Å². The van der Waals surface area contributed by atoms with E-state index in [0.717, 1.165) is 26.6 Å². The van der Waals surface area contributed by atoms with Crippen molar-refractivity contribution >= 4 is 32.7 Å². The lowest BCUT2D eigenvalue weighted by molar-refractivity contribution is -0.674. The van der Waals surface area contributed by atoms with Crippen LogP contribution in [0.2, 0.25) is 0 Å². The Bertz CT molecular complexity index is 710. The van der Waals surface area contributed by atoms with Crippen molar-refractivity contribution in [1.82, 2.24) is 0 Å². The minimum Gasteiger partial charge on any atom is -0.491 e. The highest BCUT2D eigenvalue weighted by Crippen LogP contribution is 2.37. The number of ether oxygens (including phenoxy) is 2. The lowest BCUT2D eigenvalue weighted by Crippen LogP contribution is -2.31. The number of aromatic nitrogens is 1. The molecule has 2 aromatic rings. The highest BCUT2D eigenvalue weighted by atomic mass is 79.9. The van der Waals surface area contributed by atoms with Crippen molar-refractivity contribution in [3.8, 4) is 11.6 Å². The normalized spacial score (nSPS) is 11.0. The van der Waals surface area contributed by atoms with Crippen LogP contribution in [0.1, 0.15) is 26.3 Å². The lowest BCUT2D eigenvalue weighted by atomic mass is 10.1. The summed E-state index contributed by atoms with van der Waals surface area (Å²) in [6.07, 6.45) is 1.94. The third-order valence-corrected chi connectivity index (χ3v) is 3.79. The topological polar surface area (TPSA) is 39.4 Å². The Morgan fingerprint density at radius 1 is 1.38 bits per heavy atom. The van der Waals surface area contributed by atoms with Gasteiger partial charge in [0.25, 0.3) is 0 Å². The molecular formula is C16H19BrNO3+. The Hall–Kier alpha value is -1.62. The predicted octanol–water partition coefficient (Wildman–Crippen LogP) is 3.45. The molecule has 5 heteroatoms. The summed E-state index contributed by atoms with van der Waals surface area (Å²) in [6, 6.07) is 3.94. The molecule has 0 fully saturated rings. The van der Waals surface area contributed by atoms with Crippen LogP contribution >= 0.6 is 15.9 Å². The van der Waals surface area contributed by atoms with Crippen LogP contribution in [0.15, 0.2) is 22.8 Å². The number of carbonyl (C=O) groups is 1. The van der Waals surface area contributed by atoms with Crippen LogP contribution in [0.3, 0.4) is 0 Å². The molecule has 1 heterocycles. The van der Waals surface area contributed by atoms with Crippen molar-refractivity contribution in [3.63, 3.8) is 0 Å². The predicted molar refractivity (Wildman–Crippen MR) is 84.6 cm³/mol. The summed E-state index contributed by atoms with van der Waals surface area (Å²) in [4.78, 5) is 11.4. The van der Waals surface area contributed by atoms with E-state index in [1.807, 2.05) is 46.1 Å². The fourth-order valence-electron chi connectivity index (χ4n) is 2.25. The van der Waals surface area contributed by atoms with Gasteiger partial charge in [0.1, 0.15) is 18.2 Å². The zero-order valence-corrected chi connectivity index (χ0v) is 14.4. The fourth-order valence-corrected chi connectivity index (χ4v) is 2.79. The molecule has 0 aliphatic heterocycles. The quantitative estimate of drug-likeness (QED) is 0.627. The van der Waals surface area contributed by atoms with Crippen LogP contribution in [0.25, 0.3) is 10.8 Å². The Morgan fingerprint density at radius 2 is 2.05 bits per heavy atom. The maximum absolute atomic E-state index is 11.4. The second-order valence-electron chi connectivity index (χ2n) is 5.26. The molecule has 0 aliphatic rings. The van der Waals surface area contributed by atoms with Gasteiger partial charge in [0.05, 0.1) is 6.10 Å². The van der Waals surface area contributed by atoms with Gasteiger partial charge in [-0.2, -0.15) is 4.57 Å². The number of pyridine rings is 1. The summed E-state index contributed by atoms with van der Waals surface area (Å²) in [5.74, 6) is 0.959. The molecule has 0 radical (unpaired) electrons. The van der Waals surface area contributed by atoms with Gasteiger partial charge in [-0.1, -0.05) is 15.9 Å². The average molecular weight is 353 g/mol. The number of benzene rings is 1. The van der Waals surface area contributed by atoms with Gasteiger partial charge in [-0.05, 0) is 26.8 Å². The number of rotatable bonds is 3. The number of nitrogens with zero attached hydrogens (tertiary/aromatic N) is 1. The SMILES string of the molecule is CC(=O)Oc1c2c(C)c(OC(C)C)cc(Br)c2cc[n+]1C. The van der Waals surface area contributed by atoms with E-state index >= 15 is 0 Å². The molecule has 2 rings (SSSR count). The molecule has 1 aromatic heterocycles. The zero-order valence-electron chi connectivity index (χ0n) is 12.9. The maximum Gasteiger partial charge on any atom is 0.383 e. The Kier molecular flexibility index (Phi) is 4.52. The number of halogens is 1. The van der Waals surface area contributed by atoms with Crippen molar-refractivity contribution in [2.24, 2.45) is 7.05 Å². The van der Waals surface area contributed by atoms with E-state index in [4.69, 9.17) is 9.47 Å². The highest BCUT2D eigenvalue weighted by Gasteiger charge is 2.22. The van der Waals surface area contributed by atoms with E-state index in [9.17, 15) is 4.79 Å². The number of fused-ring (bicyclic) bond motifs is 1. The van der Waals surface area contributed by atoms with Gasteiger partial charge < -0.3 is 9.47 Å². The number of hydrogen-bond donors (Lipinski definition) is 0. The molecule has 21 heavy (non-hydrogen) atoms. The molecule has 112 valence electrons. The summed E-state index contributed by atoms with van der Waals surface area (Å²) in [5.41, 5.74) is 0.953. The van der Waals surface area contributed by atoms with Crippen LogP contribution < -0.4 is 14.0 Å². The highest BCUT2D eigenvalue weighted by molar-refractivity contribution is 9.10. The van der Waals surface area contributed by atoms with Crippen LogP contribution in [-0.2, 0) is 11.8 Å². The van der Waals surface area contributed by atoms with Gasteiger partial charge in [-0.25, -0.2) is 0 Å². The third kappa shape index (κ3) is 3.18. The van der Waals surface area contributed by atoms with Gasteiger partial charge in [0, 0.05) is 28.4 Å². The number of aryl methyl sites for hydroxylation is 2. The average Bonchev–Trinajstić information content (AvgIpc) is 2.37. The van der Waals surface area contributed by atoms with Crippen molar-refractivity contribution in [2.75, 3.05) is 0 Å². The Balaban J connectivity index is 2.79. The number of carbonyl (C=O) groups excluding carboxylic acids is 1. The minimum absolute atomic E-state index is 0.0719. The second kappa shape index (κ2) is 6.02. The zero-order chi connectivity index (χ0) is 15.7. The van der Waals surface area contributed by atoms with Crippen molar-refractivity contribution in [3.05, 3.63) is 28.4 Å². The van der Waals surface area contributed by atoms with E-state index in [1.165, 1.54) is 6.92 Å². The molecule has 1 aromatic carbocycles. The lowest BCUT2D eigenvalue weighted by Gasteiger charge is -2.15. The van der Waals surface area contributed by atoms with E-state index < -0.39 is 0 Å². The fraction of sp³-hybridized carbons (Fsp3) is 0.375. The van der Waals surface area contributed by atoms with Crippen LogP contribution in [0.4, 0.5) is 0 Å². The molecule has 0 spiro atoms. The summed E-state index contributed by atoms with van der Waals surface area (Å²) in [5, 5.41) is 1.86. The molecule has 0 bridgehead atoms. The Morgan fingerprint density at radius 3 is 2.62 bits per heavy atom. The van der Waals surface area contributed by atoms with Gasteiger partial charge in [-0.3, -0.25) is 4.79 Å².